The van der Waals surface area contributed by atoms with Crippen LogP contribution in [0.2, 0.25) is 0 Å². The van der Waals surface area contributed by atoms with Gasteiger partial charge in [-0.3, -0.25) is 4.68 Å². The SMILES string of the molecule is Cc1c(C(C)NC(=S)Nc2ccc(F)cc2)cnn1C. The van der Waals surface area contributed by atoms with Gasteiger partial charge in [-0.25, -0.2) is 4.39 Å². The number of nitrogens with zero attached hydrogens (tertiary/aromatic N) is 2. The Morgan fingerprint density at radius 2 is 2.00 bits per heavy atom. The predicted octanol–water partition coefficient (Wildman–Crippen LogP) is 2.92. The maximum atomic E-state index is 12.8. The quantitative estimate of drug-likeness (QED) is 0.854. The van der Waals surface area contributed by atoms with E-state index in [1.54, 1.807) is 12.1 Å². The smallest absolute Gasteiger partial charge is 0.171 e. The van der Waals surface area contributed by atoms with E-state index in [2.05, 4.69) is 15.7 Å². The van der Waals surface area contributed by atoms with Gasteiger partial charge >= 0.3 is 0 Å². The Balaban J connectivity index is 1.97. The van der Waals surface area contributed by atoms with Crippen LogP contribution < -0.4 is 10.6 Å². The summed E-state index contributed by atoms with van der Waals surface area (Å²) < 4.78 is 14.6. The highest BCUT2D eigenvalue weighted by atomic mass is 32.1. The molecule has 2 rings (SSSR count). The van der Waals surface area contributed by atoms with Gasteiger partial charge in [-0.05, 0) is 50.3 Å². The van der Waals surface area contributed by atoms with Gasteiger partial charge in [0.15, 0.2) is 5.11 Å². The summed E-state index contributed by atoms with van der Waals surface area (Å²) in [4.78, 5) is 0. The van der Waals surface area contributed by atoms with Crippen molar-refractivity contribution in [2.24, 2.45) is 7.05 Å². The Morgan fingerprint density at radius 1 is 1.35 bits per heavy atom. The number of rotatable bonds is 3. The molecule has 2 N–H and O–H groups in total. The zero-order valence-corrected chi connectivity index (χ0v) is 12.5. The first-order valence-corrected chi connectivity index (χ1v) is 6.70. The lowest BCUT2D eigenvalue weighted by molar-refractivity contribution is 0.628. The van der Waals surface area contributed by atoms with Gasteiger partial charge in [0.05, 0.1) is 12.2 Å². The summed E-state index contributed by atoms with van der Waals surface area (Å²) in [6.45, 7) is 4.03. The Bertz CT molecular complexity index is 606. The van der Waals surface area contributed by atoms with Crippen LogP contribution in [0.4, 0.5) is 10.1 Å². The molecule has 1 aromatic carbocycles. The number of hydrogen-bond acceptors (Lipinski definition) is 2. The molecule has 0 saturated heterocycles. The van der Waals surface area contributed by atoms with E-state index in [4.69, 9.17) is 12.2 Å². The lowest BCUT2D eigenvalue weighted by Crippen LogP contribution is -2.31. The van der Waals surface area contributed by atoms with E-state index in [0.717, 1.165) is 16.9 Å². The molecule has 2 aromatic rings. The fourth-order valence-electron chi connectivity index (χ4n) is 1.92. The number of halogens is 1. The number of nitrogens with one attached hydrogen (secondary N) is 2. The highest BCUT2D eigenvalue weighted by Gasteiger charge is 2.12. The fraction of sp³-hybridized carbons (Fsp3) is 0.286. The van der Waals surface area contributed by atoms with Crippen LogP contribution in [-0.2, 0) is 7.05 Å². The second-order valence-corrected chi connectivity index (χ2v) is 5.04. The Hall–Kier alpha value is -1.95. The molecule has 1 heterocycles. The van der Waals surface area contributed by atoms with Crippen molar-refractivity contribution < 1.29 is 4.39 Å². The average Bonchev–Trinajstić information content (AvgIpc) is 2.73. The molecule has 1 atom stereocenters. The Kier molecular flexibility index (Phi) is 4.34. The molecule has 0 aliphatic heterocycles. The van der Waals surface area contributed by atoms with Crippen molar-refractivity contribution >= 4 is 23.0 Å². The number of aromatic nitrogens is 2. The summed E-state index contributed by atoms with van der Waals surface area (Å²) in [7, 11) is 1.90. The molecule has 0 spiro atoms. The van der Waals surface area contributed by atoms with Crippen molar-refractivity contribution in [1.82, 2.24) is 15.1 Å². The van der Waals surface area contributed by atoms with Crippen molar-refractivity contribution in [2.75, 3.05) is 5.32 Å². The van der Waals surface area contributed by atoms with Crippen LogP contribution in [0.15, 0.2) is 30.5 Å². The van der Waals surface area contributed by atoms with E-state index < -0.39 is 0 Å². The minimum atomic E-state index is -0.270. The summed E-state index contributed by atoms with van der Waals surface area (Å²) >= 11 is 5.25. The summed E-state index contributed by atoms with van der Waals surface area (Å²) in [6, 6.07) is 6.11. The Morgan fingerprint density at radius 3 is 2.55 bits per heavy atom. The normalized spacial score (nSPS) is 12.0. The van der Waals surface area contributed by atoms with Crippen molar-refractivity contribution in [2.45, 2.75) is 19.9 Å². The van der Waals surface area contributed by atoms with Gasteiger partial charge in [0.1, 0.15) is 5.82 Å². The molecule has 0 bridgehead atoms. The molecule has 6 heteroatoms. The summed E-state index contributed by atoms with van der Waals surface area (Å²) in [5, 5.41) is 10.9. The Labute approximate surface area is 123 Å². The fourth-order valence-corrected chi connectivity index (χ4v) is 2.21. The maximum Gasteiger partial charge on any atom is 0.171 e. The zero-order chi connectivity index (χ0) is 14.7. The minimum Gasteiger partial charge on any atom is -0.356 e. The van der Waals surface area contributed by atoms with Crippen LogP contribution >= 0.6 is 12.2 Å². The number of aryl methyl sites for hydroxylation is 1. The zero-order valence-electron chi connectivity index (χ0n) is 11.6. The monoisotopic (exact) mass is 292 g/mol. The first-order valence-electron chi connectivity index (χ1n) is 6.29. The summed E-state index contributed by atoms with van der Waals surface area (Å²) in [6.07, 6.45) is 1.83. The van der Waals surface area contributed by atoms with E-state index in [0.29, 0.717) is 5.11 Å². The average molecular weight is 292 g/mol. The van der Waals surface area contributed by atoms with Crippen molar-refractivity contribution in [1.29, 1.82) is 0 Å². The van der Waals surface area contributed by atoms with Gasteiger partial charge < -0.3 is 10.6 Å². The molecule has 1 aromatic heterocycles. The van der Waals surface area contributed by atoms with Gasteiger partial charge in [-0.2, -0.15) is 5.10 Å². The van der Waals surface area contributed by atoms with Crippen LogP contribution in [0.1, 0.15) is 24.2 Å². The first kappa shape index (κ1) is 14.5. The topological polar surface area (TPSA) is 41.9 Å². The highest BCUT2D eigenvalue weighted by molar-refractivity contribution is 7.80. The van der Waals surface area contributed by atoms with Gasteiger partial charge in [-0.15, -0.1) is 0 Å². The number of thiocarbonyl (C=S) groups is 1. The van der Waals surface area contributed by atoms with Crippen LogP contribution in [0.5, 0.6) is 0 Å². The molecule has 20 heavy (non-hydrogen) atoms. The third kappa shape index (κ3) is 3.33. The maximum absolute atomic E-state index is 12.8. The molecule has 0 aliphatic carbocycles. The third-order valence-corrected chi connectivity index (χ3v) is 3.41. The lowest BCUT2D eigenvalue weighted by atomic mass is 10.1. The molecule has 0 fully saturated rings. The predicted molar refractivity (Wildman–Crippen MR) is 82.1 cm³/mol. The molecule has 0 aliphatic rings. The van der Waals surface area contributed by atoms with Crippen molar-refractivity contribution in [3.05, 3.63) is 47.5 Å². The van der Waals surface area contributed by atoms with Gasteiger partial charge in [0, 0.05) is 24.0 Å². The van der Waals surface area contributed by atoms with Crippen molar-refractivity contribution in [3.8, 4) is 0 Å². The summed E-state index contributed by atoms with van der Waals surface area (Å²) in [5.41, 5.74) is 2.93. The largest absolute Gasteiger partial charge is 0.356 e. The highest BCUT2D eigenvalue weighted by Crippen LogP contribution is 2.16. The van der Waals surface area contributed by atoms with E-state index in [9.17, 15) is 4.39 Å². The molecule has 1 unspecified atom stereocenters. The molecular formula is C14H17FN4S. The minimum absolute atomic E-state index is 0.0455. The second kappa shape index (κ2) is 6.00. The molecule has 0 amide bonds. The van der Waals surface area contributed by atoms with Crippen LogP contribution in [-0.4, -0.2) is 14.9 Å². The molecule has 106 valence electrons. The first-order chi connectivity index (χ1) is 9.47. The molecule has 4 nitrogen and oxygen atoms in total. The number of benzene rings is 1. The molecule has 0 radical (unpaired) electrons. The van der Waals surface area contributed by atoms with Gasteiger partial charge in [0.25, 0.3) is 0 Å². The van der Waals surface area contributed by atoms with E-state index >= 15 is 0 Å². The van der Waals surface area contributed by atoms with E-state index in [-0.39, 0.29) is 11.9 Å². The lowest BCUT2D eigenvalue weighted by Gasteiger charge is -2.17. The van der Waals surface area contributed by atoms with Crippen LogP contribution in [0, 0.1) is 12.7 Å². The van der Waals surface area contributed by atoms with E-state index in [1.165, 1.54) is 12.1 Å². The third-order valence-electron chi connectivity index (χ3n) is 3.19. The molecule has 0 saturated carbocycles. The van der Waals surface area contributed by atoms with Crippen LogP contribution in [0.3, 0.4) is 0 Å². The summed E-state index contributed by atoms with van der Waals surface area (Å²) in [5.74, 6) is -0.270. The van der Waals surface area contributed by atoms with Crippen molar-refractivity contribution in [3.63, 3.8) is 0 Å². The van der Waals surface area contributed by atoms with Gasteiger partial charge in [0.2, 0.25) is 0 Å². The van der Waals surface area contributed by atoms with Gasteiger partial charge in [-0.1, -0.05) is 0 Å². The number of anilines is 1. The second-order valence-electron chi connectivity index (χ2n) is 4.64. The number of hydrogen-bond donors (Lipinski definition) is 2. The standard InChI is InChI=1S/C14H17FN4S/c1-9(13-8-16-19(3)10(13)2)17-14(20)18-12-6-4-11(15)5-7-12/h4-9H,1-3H3,(H2,17,18,20). The molecular weight excluding hydrogens is 275 g/mol. The van der Waals surface area contributed by atoms with E-state index in [1.807, 2.05) is 31.8 Å². The van der Waals surface area contributed by atoms with Crippen LogP contribution in [0.25, 0.3) is 0 Å².